The normalized spacial score (nSPS) is 40.9. The molecule has 0 aliphatic heterocycles. The van der Waals surface area contributed by atoms with Gasteiger partial charge in [-0.25, -0.2) is 0 Å². The van der Waals surface area contributed by atoms with Gasteiger partial charge in [-0.1, -0.05) is 45.9 Å². The van der Waals surface area contributed by atoms with Crippen molar-refractivity contribution >= 4 is 0 Å². The monoisotopic (exact) mass is 292 g/mol. The summed E-state index contributed by atoms with van der Waals surface area (Å²) < 4.78 is 0. The van der Waals surface area contributed by atoms with Crippen LogP contribution in [0.25, 0.3) is 0 Å². The third-order valence-electron chi connectivity index (χ3n) is 6.30. The van der Waals surface area contributed by atoms with Crippen LogP contribution in [0, 0.1) is 23.2 Å². The lowest BCUT2D eigenvalue weighted by atomic mass is 9.49. The zero-order valence-corrected chi connectivity index (χ0v) is 13.6. The minimum Gasteiger partial charge on any atom is -0.390 e. The fourth-order valence-corrected chi connectivity index (χ4v) is 5.00. The zero-order valence-electron chi connectivity index (χ0n) is 13.6. The topological polar surface area (TPSA) is 20.2 Å². The van der Waals surface area contributed by atoms with E-state index in [-0.39, 0.29) is 12.8 Å². The molecule has 0 aromatic carbocycles. The Morgan fingerprint density at radius 3 is 2.67 bits per heavy atom. The Morgan fingerprint density at radius 2 is 2.05 bits per heavy atom. The van der Waals surface area contributed by atoms with Crippen LogP contribution in [0.15, 0.2) is 24.8 Å². The highest BCUT2D eigenvalue weighted by molar-refractivity contribution is 5.16. The van der Waals surface area contributed by atoms with Crippen molar-refractivity contribution in [2.45, 2.75) is 78.7 Å². The second-order valence-electron chi connectivity index (χ2n) is 7.81. The summed E-state index contributed by atoms with van der Waals surface area (Å²) in [6.45, 7) is 15.0. The van der Waals surface area contributed by atoms with Crippen molar-refractivity contribution in [2.75, 3.05) is 0 Å². The second kappa shape index (κ2) is 6.69. The molecule has 2 fully saturated rings. The van der Waals surface area contributed by atoms with Gasteiger partial charge < -0.3 is 5.11 Å². The number of aliphatic hydroxyl groups is 1. The van der Waals surface area contributed by atoms with E-state index in [1.54, 1.807) is 0 Å². The van der Waals surface area contributed by atoms with Gasteiger partial charge >= 0.3 is 0 Å². The first-order chi connectivity index (χ1) is 9.31. The molecular formula is C20H36O. The summed E-state index contributed by atoms with van der Waals surface area (Å²) >= 11 is 0. The molecule has 0 radical (unpaired) electrons. The zero-order chi connectivity index (χ0) is 15.0. The van der Waals surface area contributed by atoms with E-state index in [4.69, 9.17) is 0 Å². The van der Waals surface area contributed by atoms with Gasteiger partial charge in [-0.05, 0) is 68.6 Å². The average Bonchev–Trinajstić information content (AvgIpc) is 2.36. The lowest BCUT2D eigenvalue weighted by Gasteiger charge is -2.57. The van der Waals surface area contributed by atoms with E-state index < -0.39 is 5.60 Å². The molecule has 0 spiro atoms. The first-order valence-electron chi connectivity index (χ1n) is 8.34. The quantitative estimate of drug-likeness (QED) is 0.654. The van der Waals surface area contributed by atoms with Gasteiger partial charge in [-0.15, -0.1) is 6.58 Å². The van der Waals surface area contributed by atoms with Gasteiger partial charge in [0.15, 0.2) is 0 Å². The highest BCUT2D eigenvalue weighted by Crippen LogP contribution is 2.59. The van der Waals surface area contributed by atoms with E-state index in [0.717, 1.165) is 25.7 Å². The summed E-state index contributed by atoms with van der Waals surface area (Å²) in [5, 5.41) is 10.8. The summed E-state index contributed by atoms with van der Waals surface area (Å²) in [4.78, 5) is 0. The molecule has 2 rings (SSSR count). The molecular weight excluding hydrogens is 256 g/mol. The van der Waals surface area contributed by atoms with Crippen molar-refractivity contribution in [1.82, 2.24) is 0 Å². The van der Waals surface area contributed by atoms with Crippen LogP contribution in [0.2, 0.25) is 0 Å². The Kier molecular flexibility index (Phi) is 5.89. The fourth-order valence-electron chi connectivity index (χ4n) is 5.00. The van der Waals surface area contributed by atoms with Gasteiger partial charge in [0.2, 0.25) is 0 Å². The second-order valence-corrected chi connectivity index (χ2v) is 7.81. The summed E-state index contributed by atoms with van der Waals surface area (Å²) in [7, 11) is 0. The first kappa shape index (κ1) is 18.5. The van der Waals surface area contributed by atoms with Gasteiger partial charge in [0.05, 0.1) is 5.60 Å². The smallest absolute Gasteiger partial charge is 0.0653 e. The van der Waals surface area contributed by atoms with Gasteiger partial charge in [0.25, 0.3) is 0 Å². The summed E-state index contributed by atoms with van der Waals surface area (Å²) in [5.74, 6) is 1.60. The molecule has 0 aromatic heterocycles. The Morgan fingerprint density at radius 1 is 1.38 bits per heavy atom. The van der Waals surface area contributed by atoms with Crippen molar-refractivity contribution in [3.8, 4) is 0 Å². The number of allylic oxidation sites excluding steroid dienone is 2. The molecule has 2 aliphatic rings. The Labute approximate surface area is 132 Å². The molecule has 0 heterocycles. The van der Waals surface area contributed by atoms with E-state index in [1.807, 2.05) is 0 Å². The minimum absolute atomic E-state index is 0. The van der Waals surface area contributed by atoms with Crippen molar-refractivity contribution < 1.29 is 5.11 Å². The molecule has 122 valence electrons. The van der Waals surface area contributed by atoms with Crippen LogP contribution >= 0.6 is 0 Å². The van der Waals surface area contributed by atoms with Crippen molar-refractivity contribution in [2.24, 2.45) is 23.2 Å². The van der Waals surface area contributed by atoms with Gasteiger partial charge in [0, 0.05) is 0 Å². The van der Waals surface area contributed by atoms with Crippen molar-refractivity contribution in [3.63, 3.8) is 0 Å². The molecule has 4 unspecified atom stereocenters. The first-order valence-corrected chi connectivity index (χ1v) is 8.34. The third-order valence-corrected chi connectivity index (χ3v) is 6.30. The van der Waals surface area contributed by atoms with Crippen LogP contribution in [0.1, 0.15) is 73.1 Å². The number of hydrogen-bond acceptors (Lipinski definition) is 1. The van der Waals surface area contributed by atoms with E-state index in [9.17, 15) is 5.11 Å². The molecule has 2 saturated carbocycles. The number of hydrogen-bond donors (Lipinski definition) is 1. The van der Waals surface area contributed by atoms with Gasteiger partial charge in [-0.3, -0.25) is 0 Å². The summed E-state index contributed by atoms with van der Waals surface area (Å²) in [5.41, 5.74) is 1.20. The molecule has 0 bridgehead atoms. The van der Waals surface area contributed by atoms with Crippen LogP contribution in [0.5, 0.6) is 0 Å². The highest BCUT2D eigenvalue weighted by atomic mass is 16.3. The predicted octanol–water partition coefficient (Wildman–Crippen LogP) is 5.75. The molecule has 0 amide bonds. The third kappa shape index (κ3) is 3.44. The van der Waals surface area contributed by atoms with E-state index >= 15 is 0 Å². The molecule has 2 aliphatic carbocycles. The summed E-state index contributed by atoms with van der Waals surface area (Å²) in [6, 6.07) is 0. The SMILES string of the molecule is C.C=CC(C)CCC1C(=C)CCC2C1(C)CCC[C@]2(C)O. The number of fused-ring (bicyclic) bond motifs is 1. The molecule has 21 heavy (non-hydrogen) atoms. The molecule has 5 atom stereocenters. The Balaban J connectivity index is 0.00000220. The molecule has 0 saturated heterocycles. The maximum Gasteiger partial charge on any atom is 0.0653 e. The maximum absolute atomic E-state index is 10.8. The van der Waals surface area contributed by atoms with Crippen LogP contribution in [-0.4, -0.2) is 10.7 Å². The predicted molar refractivity (Wildman–Crippen MR) is 93.3 cm³/mol. The molecule has 0 aromatic rings. The van der Waals surface area contributed by atoms with Crippen LogP contribution in [0.3, 0.4) is 0 Å². The van der Waals surface area contributed by atoms with Gasteiger partial charge in [0.1, 0.15) is 0 Å². The standard InChI is InChI=1S/C19H32O.CH4/c1-6-14(2)8-10-16-15(3)9-11-17-18(16,4)12-7-13-19(17,5)20;/h6,14,16-17,20H,1,3,7-13H2,2,4-5H3;1H4/t14?,16?,17?,18?,19-;/m0./s1. The Bertz CT molecular complexity index is 381. The fraction of sp³-hybridized carbons (Fsp3) is 0.800. The van der Waals surface area contributed by atoms with Crippen molar-refractivity contribution in [1.29, 1.82) is 0 Å². The maximum atomic E-state index is 10.8. The van der Waals surface area contributed by atoms with Crippen LogP contribution in [0.4, 0.5) is 0 Å². The lowest BCUT2D eigenvalue weighted by Crippen LogP contribution is -2.53. The average molecular weight is 293 g/mol. The van der Waals surface area contributed by atoms with Crippen LogP contribution < -0.4 is 0 Å². The van der Waals surface area contributed by atoms with E-state index in [0.29, 0.717) is 17.8 Å². The van der Waals surface area contributed by atoms with E-state index in [2.05, 4.69) is 40.0 Å². The molecule has 1 N–H and O–H groups in total. The lowest BCUT2D eigenvalue weighted by molar-refractivity contribution is -0.125. The minimum atomic E-state index is -0.476. The van der Waals surface area contributed by atoms with Crippen LogP contribution in [-0.2, 0) is 0 Å². The Hall–Kier alpha value is -0.560. The van der Waals surface area contributed by atoms with Crippen molar-refractivity contribution in [3.05, 3.63) is 24.8 Å². The molecule has 1 heteroatoms. The number of rotatable bonds is 4. The van der Waals surface area contributed by atoms with E-state index in [1.165, 1.54) is 24.8 Å². The van der Waals surface area contributed by atoms with Gasteiger partial charge in [-0.2, -0.15) is 0 Å². The highest BCUT2D eigenvalue weighted by Gasteiger charge is 2.53. The largest absolute Gasteiger partial charge is 0.390 e. The summed E-state index contributed by atoms with van der Waals surface area (Å²) in [6.07, 6.45) is 10.0. The molecule has 1 nitrogen and oxygen atoms in total.